The number of halogens is 2. The summed E-state index contributed by atoms with van der Waals surface area (Å²) in [4.78, 5) is 26.5. The van der Waals surface area contributed by atoms with Crippen molar-refractivity contribution in [2.75, 3.05) is 5.32 Å². The Hall–Kier alpha value is -1.44. The number of rotatable bonds is 4. The second-order valence-corrected chi connectivity index (χ2v) is 5.98. The molecule has 0 unspecified atom stereocenters. The number of carbonyl (C=O) groups is 2. The monoisotopic (exact) mass is 374 g/mol. The molecule has 0 bridgehead atoms. The van der Waals surface area contributed by atoms with Crippen LogP contribution in [0.3, 0.4) is 0 Å². The molecular weight excluding hydrogens is 368 g/mol. The Kier molecular flexibility index (Phi) is 4.42. The molecule has 104 valence electrons. The van der Waals surface area contributed by atoms with Crippen LogP contribution in [0.25, 0.3) is 0 Å². The maximum absolute atomic E-state index is 11.4. The van der Waals surface area contributed by atoms with Crippen LogP contribution in [0.15, 0.2) is 22.7 Å². The SMILES string of the molecule is CC(=O)c1sc(Nc2cccc(Cl)c2Br)nc1C(=O)O. The topological polar surface area (TPSA) is 79.3 Å². The molecule has 8 heteroatoms. The van der Waals surface area contributed by atoms with Crippen LogP contribution in [0.1, 0.15) is 27.1 Å². The van der Waals surface area contributed by atoms with Crippen molar-refractivity contribution < 1.29 is 14.7 Å². The number of Topliss-reactive ketones (excluding diaryl/α,β-unsaturated/α-hetero) is 1. The van der Waals surface area contributed by atoms with Crippen LogP contribution in [-0.4, -0.2) is 21.8 Å². The van der Waals surface area contributed by atoms with Crippen LogP contribution < -0.4 is 5.32 Å². The Morgan fingerprint density at radius 2 is 2.15 bits per heavy atom. The van der Waals surface area contributed by atoms with Gasteiger partial charge in [-0.25, -0.2) is 9.78 Å². The van der Waals surface area contributed by atoms with Crippen molar-refractivity contribution in [1.29, 1.82) is 0 Å². The summed E-state index contributed by atoms with van der Waals surface area (Å²) in [5.74, 6) is -1.57. The Labute approximate surface area is 131 Å². The van der Waals surface area contributed by atoms with Crippen molar-refractivity contribution in [3.63, 3.8) is 0 Å². The number of benzene rings is 1. The van der Waals surface area contributed by atoms with Crippen LogP contribution in [-0.2, 0) is 0 Å². The second kappa shape index (κ2) is 5.90. The molecule has 0 aliphatic heterocycles. The molecule has 0 saturated carbocycles. The van der Waals surface area contributed by atoms with Gasteiger partial charge in [0.05, 0.1) is 15.2 Å². The smallest absolute Gasteiger partial charge is 0.356 e. The number of nitrogens with one attached hydrogen (secondary N) is 1. The molecule has 0 spiro atoms. The molecule has 1 aromatic carbocycles. The molecule has 0 radical (unpaired) electrons. The van der Waals surface area contributed by atoms with Gasteiger partial charge >= 0.3 is 5.97 Å². The van der Waals surface area contributed by atoms with Crippen LogP contribution in [0.4, 0.5) is 10.8 Å². The van der Waals surface area contributed by atoms with E-state index in [1.165, 1.54) is 6.92 Å². The predicted octanol–water partition coefficient (Wildman–Crippen LogP) is 4.20. The zero-order valence-corrected chi connectivity index (χ0v) is 13.3. The molecular formula is C12H8BrClN2O3S. The van der Waals surface area contributed by atoms with E-state index in [4.69, 9.17) is 16.7 Å². The molecule has 0 fully saturated rings. The quantitative estimate of drug-likeness (QED) is 0.783. The molecule has 20 heavy (non-hydrogen) atoms. The first-order valence-corrected chi connectivity index (χ1v) is 7.35. The maximum atomic E-state index is 11.4. The Bertz CT molecular complexity index is 671. The van der Waals surface area contributed by atoms with Crippen molar-refractivity contribution in [1.82, 2.24) is 4.98 Å². The van der Waals surface area contributed by atoms with E-state index in [1.807, 2.05) is 0 Å². The van der Waals surface area contributed by atoms with Gasteiger partial charge in [0.2, 0.25) is 0 Å². The molecule has 1 heterocycles. The minimum atomic E-state index is -1.23. The number of carboxylic acids is 1. The summed E-state index contributed by atoms with van der Waals surface area (Å²) >= 11 is 10.3. The molecule has 0 saturated heterocycles. The fourth-order valence-electron chi connectivity index (χ4n) is 1.47. The van der Waals surface area contributed by atoms with Gasteiger partial charge in [-0.1, -0.05) is 29.0 Å². The second-order valence-electron chi connectivity index (χ2n) is 3.78. The van der Waals surface area contributed by atoms with E-state index in [9.17, 15) is 9.59 Å². The van der Waals surface area contributed by atoms with Gasteiger partial charge in [0.15, 0.2) is 16.6 Å². The third-order valence-corrected chi connectivity index (χ3v) is 4.81. The van der Waals surface area contributed by atoms with E-state index in [1.54, 1.807) is 18.2 Å². The van der Waals surface area contributed by atoms with Gasteiger partial charge in [0, 0.05) is 6.92 Å². The van der Waals surface area contributed by atoms with Gasteiger partial charge in [-0.2, -0.15) is 0 Å². The lowest BCUT2D eigenvalue weighted by molar-refractivity contribution is 0.0687. The fourth-order valence-corrected chi connectivity index (χ4v) is 2.88. The largest absolute Gasteiger partial charge is 0.476 e. The van der Waals surface area contributed by atoms with E-state index in [0.717, 1.165) is 11.3 Å². The lowest BCUT2D eigenvalue weighted by Gasteiger charge is -2.06. The number of thiazole rings is 1. The normalized spacial score (nSPS) is 10.3. The van der Waals surface area contributed by atoms with Crippen LogP contribution in [0.2, 0.25) is 5.02 Å². The number of aromatic nitrogens is 1. The van der Waals surface area contributed by atoms with Crippen molar-refractivity contribution in [3.8, 4) is 0 Å². The summed E-state index contributed by atoms with van der Waals surface area (Å²) in [6, 6.07) is 5.21. The average molecular weight is 376 g/mol. The van der Waals surface area contributed by atoms with Crippen LogP contribution in [0.5, 0.6) is 0 Å². The number of carbonyl (C=O) groups excluding carboxylic acids is 1. The average Bonchev–Trinajstić information content (AvgIpc) is 2.79. The van der Waals surface area contributed by atoms with Gasteiger partial charge in [0.1, 0.15) is 4.88 Å². The van der Waals surface area contributed by atoms with Gasteiger partial charge in [-0.3, -0.25) is 4.79 Å². The number of hydrogen-bond donors (Lipinski definition) is 2. The highest BCUT2D eigenvalue weighted by atomic mass is 79.9. The van der Waals surface area contributed by atoms with E-state index in [2.05, 4.69) is 26.2 Å². The highest BCUT2D eigenvalue weighted by Crippen LogP contribution is 2.34. The molecule has 0 aliphatic rings. The third kappa shape index (κ3) is 3.00. The highest BCUT2D eigenvalue weighted by molar-refractivity contribution is 9.10. The van der Waals surface area contributed by atoms with Gasteiger partial charge < -0.3 is 10.4 Å². The standard InChI is InChI=1S/C12H8BrClN2O3S/c1-5(17)10-9(11(18)19)16-12(20-10)15-7-4-2-3-6(14)8(7)13/h2-4H,1H3,(H,15,16)(H,18,19). The molecule has 0 atom stereocenters. The van der Waals surface area contributed by atoms with E-state index >= 15 is 0 Å². The van der Waals surface area contributed by atoms with E-state index < -0.39 is 5.97 Å². The molecule has 5 nitrogen and oxygen atoms in total. The van der Waals surface area contributed by atoms with E-state index in [0.29, 0.717) is 20.3 Å². The Balaban J connectivity index is 2.40. The number of hydrogen-bond acceptors (Lipinski definition) is 5. The number of ketones is 1. The third-order valence-electron chi connectivity index (χ3n) is 2.34. The lowest BCUT2D eigenvalue weighted by Crippen LogP contribution is -2.03. The fraction of sp³-hybridized carbons (Fsp3) is 0.0833. The van der Waals surface area contributed by atoms with Crippen molar-refractivity contribution in [2.24, 2.45) is 0 Å². The molecule has 1 aromatic heterocycles. The van der Waals surface area contributed by atoms with Crippen molar-refractivity contribution >= 4 is 61.4 Å². The molecule has 2 aromatic rings. The first kappa shape index (κ1) is 15.0. The lowest BCUT2D eigenvalue weighted by atomic mass is 10.3. The van der Waals surface area contributed by atoms with Crippen molar-refractivity contribution in [3.05, 3.63) is 38.3 Å². The van der Waals surface area contributed by atoms with Gasteiger partial charge in [-0.05, 0) is 28.1 Å². The molecule has 2 rings (SSSR count). The Morgan fingerprint density at radius 3 is 2.70 bits per heavy atom. The maximum Gasteiger partial charge on any atom is 0.356 e. The first-order chi connectivity index (χ1) is 9.40. The number of carboxylic acid groups (broad SMARTS) is 1. The van der Waals surface area contributed by atoms with Crippen LogP contribution in [0, 0.1) is 0 Å². The minimum absolute atomic E-state index is 0.109. The summed E-state index contributed by atoms with van der Waals surface area (Å²) in [5, 5.41) is 12.8. The molecule has 0 aliphatic carbocycles. The minimum Gasteiger partial charge on any atom is -0.476 e. The summed E-state index contributed by atoms with van der Waals surface area (Å²) in [7, 11) is 0. The summed E-state index contributed by atoms with van der Waals surface area (Å²) in [6.45, 7) is 1.30. The summed E-state index contributed by atoms with van der Waals surface area (Å²) in [6.07, 6.45) is 0. The number of aromatic carboxylic acids is 1. The van der Waals surface area contributed by atoms with E-state index in [-0.39, 0.29) is 16.4 Å². The predicted molar refractivity (Wildman–Crippen MR) is 81.5 cm³/mol. The summed E-state index contributed by atoms with van der Waals surface area (Å²) < 4.78 is 0.637. The zero-order chi connectivity index (χ0) is 14.9. The molecule has 2 N–H and O–H groups in total. The zero-order valence-electron chi connectivity index (χ0n) is 10.1. The van der Waals surface area contributed by atoms with Gasteiger partial charge in [-0.15, -0.1) is 0 Å². The number of anilines is 2. The Morgan fingerprint density at radius 1 is 1.45 bits per heavy atom. The summed E-state index contributed by atoms with van der Waals surface area (Å²) in [5.41, 5.74) is 0.390. The van der Waals surface area contributed by atoms with Crippen molar-refractivity contribution in [2.45, 2.75) is 6.92 Å². The highest BCUT2D eigenvalue weighted by Gasteiger charge is 2.21. The van der Waals surface area contributed by atoms with Crippen LogP contribution >= 0.6 is 38.9 Å². The number of nitrogens with zero attached hydrogens (tertiary/aromatic N) is 1. The first-order valence-electron chi connectivity index (χ1n) is 5.36. The molecule has 0 amide bonds. The van der Waals surface area contributed by atoms with Gasteiger partial charge in [0.25, 0.3) is 0 Å².